The summed E-state index contributed by atoms with van der Waals surface area (Å²) in [6, 6.07) is 25.6. The topological polar surface area (TPSA) is 157 Å². The van der Waals surface area contributed by atoms with Crippen LogP contribution in [0.2, 0.25) is 10.0 Å². The van der Waals surface area contributed by atoms with Crippen LogP contribution in [0, 0.1) is 10.8 Å². The maximum absolute atomic E-state index is 13.2. The molecule has 0 aliphatic carbocycles. The van der Waals surface area contributed by atoms with Crippen molar-refractivity contribution >= 4 is 64.1 Å². The van der Waals surface area contributed by atoms with E-state index < -0.39 is 23.9 Å². The van der Waals surface area contributed by atoms with Gasteiger partial charge in [0.2, 0.25) is 0 Å². The Morgan fingerprint density at radius 3 is 2.23 bits per heavy atom. The Morgan fingerprint density at radius 2 is 1.53 bits per heavy atom. The van der Waals surface area contributed by atoms with Crippen LogP contribution in [-0.4, -0.2) is 76.3 Å². The van der Waals surface area contributed by atoms with Crippen LogP contribution in [0.4, 0.5) is 0 Å². The maximum Gasteiger partial charge on any atom is 0.343 e. The van der Waals surface area contributed by atoms with Gasteiger partial charge in [-0.1, -0.05) is 67.0 Å². The standard InChI is InChI=1S/C50H49Cl2NO11/c1-3-45(54)61-23-5-6-24-62-48(56)34-10-15-39(16-11-34)63-46(55)21-9-33-8-17-40(38(26-33)29-53)35-12-18-41-36(27-35)13-20-44(47(41)52)64-49(57)37-14-19-43(42(51)28-37)60-25-7-22-58-30-50(4-2)31-59-32-50/h3,8,10-20,26-29,53H,1,4-7,9,21-25,30-32H2,2H3. The summed E-state index contributed by atoms with van der Waals surface area (Å²) in [6.45, 7) is 8.98. The largest absolute Gasteiger partial charge is 0.492 e. The van der Waals surface area contributed by atoms with Crippen LogP contribution in [-0.2, 0) is 35.0 Å². The molecule has 64 heavy (non-hydrogen) atoms. The Kier molecular flexibility index (Phi) is 17.1. The van der Waals surface area contributed by atoms with E-state index in [-0.39, 0.29) is 52.2 Å². The van der Waals surface area contributed by atoms with E-state index in [0.717, 1.165) is 47.8 Å². The third-order valence-electron chi connectivity index (χ3n) is 10.7. The number of ether oxygens (including phenoxy) is 7. The summed E-state index contributed by atoms with van der Waals surface area (Å²) >= 11 is 13.2. The number of halogens is 2. The molecule has 334 valence electrons. The number of hydrogen-bond acceptors (Lipinski definition) is 12. The van der Waals surface area contributed by atoms with Gasteiger partial charge in [0.05, 0.1) is 60.8 Å². The number of hydrogen-bond donors (Lipinski definition) is 1. The van der Waals surface area contributed by atoms with E-state index in [4.69, 9.17) is 61.8 Å². The van der Waals surface area contributed by atoms with Crippen molar-refractivity contribution in [3.8, 4) is 28.4 Å². The lowest BCUT2D eigenvalue weighted by Gasteiger charge is -2.40. The lowest BCUT2D eigenvalue weighted by molar-refractivity contribution is -0.150. The van der Waals surface area contributed by atoms with E-state index in [1.54, 1.807) is 18.2 Å². The lowest BCUT2D eigenvalue weighted by Crippen LogP contribution is -2.45. The summed E-state index contributed by atoms with van der Waals surface area (Å²) in [5.74, 6) is -1.16. The zero-order valence-electron chi connectivity index (χ0n) is 35.5. The Hall–Kier alpha value is -6.05. The van der Waals surface area contributed by atoms with Gasteiger partial charge in [-0.15, -0.1) is 0 Å². The first-order valence-corrected chi connectivity index (χ1v) is 21.7. The first-order valence-electron chi connectivity index (χ1n) is 20.9. The van der Waals surface area contributed by atoms with Crippen molar-refractivity contribution in [3.05, 3.63) is 136 Å². The number of carbonyl (C=O) groups is 4. The molecule has 1 heterocycles. The predicted molar refractivity (Wildman–Crippen MR) is 244 cm³/mol. The third-order valence-corrected chi connectivity index (χ3v) is 11.3. The van der Waals surface area contributed by atoms with E-state index in [0.29, 0.717) is 67.8 Å². The molecule has 1 saturated heterocycles. The molecule has 6 rings (SSSR count). The van der Waals surface area contributed by atoms with Gasteiger partial charge in [0.15, 0.2) is 0 Å². The van der Waals surface area contributed by atoms with Crippen molar-refractivity contribution in [2.75, 3.05) is 46.2 Å². The Balaban J connectivity index is 0.973. The first-order chi connectivity index (χ1) is 31.0. The predicted octanol–water partition coefficient (Wildman–Crippen LogP) is 10.4. The Labute approximate surface area is 381 Å². The van der Waals surface area contributed by atoms with Crippen LogP contribution >= 0.6 is 23.2 Å². The summed E-state index contributed by atoms with van der Waals surface area (Å²) < 4.78 is 38.3. The lowest BCUT2D eigenvalue weighted by atomic mass is 9.84. The molecular formula is C50H49Cl2NO11. The minimum absolute atomic E-state index is 0.0873. The number of rotatable bonds is 23. The normalized spacial score (nSPS) is 12.7. The van der Waals surface area contributed by atoms with Gasteiger partial charge in [0.1, 0.15) is 17.2 Å². The van der Waals surface area contributed by atoms with Crippen molar-refractivity contribution in [2.24, 2.45) is 5.41 Å². The van der Waals surface area contributed by atoms with E-state index in [1.165, 1.54) is 36.5 Å². The molecule has 12 nitrogen and oxygen atoms in total. The highest BCUT2D eigenvalue weighted by molar-refractivity contribution is 6.37. The highest BCUT2D eigenvalue weighted by atomic mass is 35.5. The number of carbonyl (C=O) groups excluding carboxylic acids is 4. The molecule has 0 amide bonds. The molecule has 1 N–H and O–H groups in total. The van der Waals surface area contributed by atoms with Crippen LogP contribution < -0.4 is 14.2 Å². The summed E-state index contributed by atoms with van der Waals surface area (Å²) in [7, 11) is 0. The summed E-state index contributed by atoms with van der Waals surface area (Å²) in [4.78, 5) is 49.3. The molecule has 0 bridgehead atoms. The quantitative estimate of drug-likeness (QED) is 0.0219. The van der Waals surface area contributed by atoms with Crippen molar-refractivity contribution in [1.29, 1.82) is 5.41 Å². The van der Waals surface area contributed by atoms with Gasteiger partial charge in [-0.2, -0.15) is 0 Å². The van der Waals surface area contributed by atoms with Crippen molar-refractivity contribution in [2.45, 2.75) is 45.4 Å². The molecule has 1 aliphatic rings. The SMILES string of the molecule is C=CC(=O)OCCCCOC(=O)c1ccc(OC(=O)CCc2ccc(-c3ccc4c(Cl)c(OC(=O)c5ccc(OCCCOCC6(CC)COC6)c(Cl)c5)ccc4c3)c(C=N)c2)cc1. The smallest absolute Gasteiger partial charge is 0.343 e. The molecule has 0 unspecified atom stereocenters. The number of esters is 4. The van der Waals surface area contributed by atoms with Crippen LogP contribution in [0.1, 0.15) is 70.9 Å². The molecule has 0 spiro atoms. The van der Waals surface area contributed by atoms with Crippen molar-refractivity contribution < 1.29 is 52.3 Å². The van der Waals surface area contributed by atoms with E-state index in [2.05, 4.69) is 13.5 Å². The first kappa shape index (κ1) is 47.4. The van der Waals surface area contributed by atoms with Gasteiger partial charge in [-0.3, -0.25) is 4.79 Å². The number of unbranched alkanes of at least 4 members (excludes halogenated alkanes) is 1. The zero-order valence-corrected chi connectivity index (χ0v) is 37.0. The second kappa shape index (κ2) is 23.0. The van der Waals surface area contributed by atoms with Gasteiger partial charge >= 0.3 is 23.9 Å². The molecule has 0 radical (unpaired) electrons. The van der Waals surface area contributed by atoms with E-state index in [1.807, 2.05) is 42.5 Å². The monoisotopic (exact) mass is 909 g/mol. The summed E-state index contributed by atoms with van der Waals surface area (Å²) in [6.07, 6.45) is 5.59. The number of aryl methyl sites for hydroxylation is 1. The summed E-state index contributed by atoms with van der Waals surface area (Å²) in [5, 5.41) is 10.2. The van der Waals surface area contributed by atoms with Gasteiger partial charge in [-0.25, -0.2) is 14.4 Å². The molecular weight excluding hydrogens is 861 g/mol. The number of benzene rings is 5. The maximum atomic E-state index is 13.2. The van der Waals surface area contributed by atoms with Crippen LogP contribution in [0.15, 0.2) is 104 Å². The molecule has 0 aromatic heterocycles. The van der Waals surface area contributed by atoms with Gasteiger partial charge in [0.25, 0.3) is 0 Å². The highest BCUT2D eigenvalue weighted by Gasteiger charge is 2.36. The van der Waals surface area contributed by atoms with Crippen molar-refractivity contribution in [1.82, 2.24) is 0 Å². The van der Waals surface area contributed by atoms with Crippen molar-refractivity contribution in [3.63, 3.8) is 0 Å². The minimum atomic E-state index is -0.627. The summed E-state index contributed by atoms with van der Waals surface area (Å²) in [5.41, 5.74) is 3.84. The Morgan fingerprint density at radius 1 is 0.781 bits per heavy atom. The van der Waals surface area contributed by atoms with Crippen LogP contribution in [0.25, 0.3) is 21.9 Å². The third kappa shape index (κ3) is 12.8. The minimum Gasteiger partial charge on any atom is -0.492 e. The molecule has 14 heteroatoms. The second-order valence-corrected chi connectivity index (χ2v) is 16.0. The molecule has 5 aromatic carbocycles. The average Bonchev–Trinajstić information content (AvgIpc) is 3.29. The average molecular weight is 911 g/mol. The van der Waals surface area contributed by atoms with Gasteiger partial charge < -0.3 is 38.6 Å². The fourth-order valence-corrected chi connectivity index (χ4v) is 7.26. The van der Waals surface area contributed by atoms with Crippen LogP contribution in [0.3, 0.4) is 0 Å². The fraction of sp³-hybridized carbons (Fsp3) is 0.300. The number of nitrogens with one attached hydrogen (secondary N) is 1. The molecule has 1 aliphatic heterocycles. The number of fused-ring (bicyclic) bond motifs is 1. The van der Waals surface area contributed by atoms with Crippen LogP contribution in [0.5, 0.6) is 17.2 Å². The fourth-order valence-electron chi connectivity index (χ4n) is 6.76. The Bertz CT molecular complexity index is 2480. The molecule has 5 aromatic rings. The molecule has 0 atom stereocenters. The molecule has 1 fully saturated rings. The highest BCUT2D eigenvalue weighted by Crippen LogP contribution is 2.37. The van der Waals surface area contributed by atoms with E-state index >= 15 is 0 Å². The van der Waals surface area contributed by atoms with Gasteiger partial charge in [0, 0.05) is 48.1 Å². The zero-order chi connectivity index (χ0) is 45.5. The van der Waals surface area contributed by atoms with E-state index in [9.17, 15) is 19.2 Å². The molecule has 0 saturated carbocycles. The second-order valence-electron chi connectivity index (χ2n) is 15.2. The van der Waals surface area contributed by atoms with Gasteiger partial charge in [-0.05, 0) is 108 Å².